The molecule has 0 amide bonds. The van der Waals surface area contributed by atoms with Crippen molar-refractivity contribution in [2.24, 2.45) is 5.92 Å². The molecule has 0 aromatic rings. The summed E-state index contributed by atoms with van der Waals surface area (Å²) in [6, 6.07) is 0. The third-order valence-electron chi connectivity index (χ3n) is 3.32. The van der Waals surface area contributed by atoms with Gasteiger partial charge in [-0.1, -0.05) is 13.3 Å². The molecule has 0 atom stereocenters. The Hall–Kier alpha value is -0.570. The van der Waals surface area contributed by atoms with E-state index in [9.17, 15) is 4.79 Å². The molecule has 0 unspecified atom stereocenters. The van der Waals surface area contributed by atoms with Gasteiger partial charge in [0, 0.05) is 13.0 Å². The average Bonchev–Trinajstić information content (AvgIpc) is 3.11. The second kappa shape index (κ2) is 8.51. The number of carbonyl (C=O) groups excluding carboxylic acids is 1. The zero-order valence-corrected chi connectivity index (χ0v) is 11.4. The molecule has 0 aliphatic heterocycles. The molecule has 1 saturated carbocycles. The topological polar surface area (TPSA) is 29.5 Å². The highest BCUT2D eigenvalue weighted by atomic mass is 16.5. The number of hydrogen-bond donors (Lipinski definition) is 0. The molecule has 0 aromatic carbocycles. The van der Waals surface area contributed by atoms with Crippen LogP contribution in [-0.4, -0.2) is 37.1 Å². The van der Waals surface area contributed by atoms with E-state index in [1.165, 1.54) is 32.4 Å². The Morgan fingerprint density at radius 2 is 2.00 bits per heavy atom. The van der Waals surface area contributed by atoms with Crippen molar-refractivity contribution in [3.63, 3.8) is 0 Å². The summed E-state index contributed by atoms with van der Waals surface area (Å²) in [5, 5.41) is 0. The molecule has 1 aliphatic carbocycles. The maximum absolute atomic E-state index is 11.1. The SMILES string of the molecule is CCOC(=O)CCCCCN(CC)CC1CC1. The summed E-state index contributed by atoms with van der Waals surface area (Å²) >= 11 is 0. The Labute approximate surface area is 106 Å². The van der Waals surface area contributed by atoms with Gasteiger partial charge in [0.25, 0.3) is 0 Å². The van der Waals surface area contributed by atoms with Crippen LogP contribution in [0.15, 0.2) is 0 Å². The van der Waals surface area contributed by atoms with Crippen molar-refractivity contribution in [3.8, 4) is 0 Å². The maximum atomic E-state index is 11.1. The highest BCUT2D eigenvalue weighted by Crippen LogP contribution is 2.29. The summed E-state index contributed by atoms with van der Waals surface area (Å²) in [6.45, 7) is 8.23. The van der Waals surface area contributed by atoms with E-state index in [4.69, 9.17) is 4.74 Å². The standard InChI is InChI=1S/C14H27NO2/c1-3-15(12-13-9-10-13)11-7-5-6-8-14(16)17-4-2/h13H,3-12H2,1-2H3. The van der Waals surface area contributed by atoms with E-state index >= 15 is 0 Å². The summed E-state index contributed by atoms with van der Waals surface area (Å²) in [5.74, 6) is 0.937. The Balaban J connectivity index is 1.92. The van der Waals surface area contributed by atoms with Gasteiger partial charge in [0.2, 0.25) is 0 Å². The number of ether oxygens (including phenoxy) is 1. The van der Waals surface area contributed by atoms with Crippen LogP contribution in [0, 0.1) is 5.92 Å². The molecule has 3 heteroatoms. The fourth-order valence-corrected chi connectivity index (χ4v) is 2.06. The first-order valence-corrected chi connectivity index (χ1v) is 7.14. The minimum atomic E-state index is -0.0437. The second-order valence-corrected chi connectivity index (χ2v) is 4.95. The zero-order chi connectivity index (χ0) is 12.5. The lowest BCUT2D eigenvalue weighted by Gasteiger charge is -2.19. The first-order valence-electron chi connectivity index (χ1n) is 7.14. The van der Waals surface area contributed by atoms with Gasteiger partial charge in [-0.2, -0.15) is 0 Å². The van der Waals surface area contributed by atoms with Crippen LogP contribution in [-0.2, 0) is 9.53 Å². The van der Waals surface area contributed by atoms with Gasteiger partial charge in [-0.05, 0) is 51.6 Å². The Bertz CT molecular complexity index is 214. The predicted molar refractivity (Wildman–Crippen MR) is 69.9 cm³/mol. The van der Waals surface area contributed by atoms with Crippen molar-refractivity contribution in [2.75, 3.05) is 26.2 Å². The number of carbonyl (C=O) groups is 1. The van der Waals surface area contributed by atoms with E-state index in [0.29, 0.717) is 13.0 Å². The van der Waals surface area contributed by atoms with Gasteiger partial charge in [0.15, 0.2) is 0 Å². The fourth-order valence-electron chi connectivity index (χ4n) is 2.06. The highest BCUT2D eigenvalue weighted by molar-refractivity contribution is 5.69. The van der Waals surface area contributed by atoms with Crippen molar-refractivity contribution in [1.29, 1.82) is 0 Å². The zero-order valence-electron chi connectivity index (χ0n) is 11.4. The first kappa shape index (κ1) is 14.5. The van der Waals surface area contributed by atoms with E-state index in [2.05, 4.69) is 11.8 Å². The number of esters is 1. The van der Waals surface area contributed by atoms with Crippen LogP contribution in [0.3, 0.4) is 0 Å². The molecule has 1 fully saturated rings. The molecule has 0 bridgehead atoms. The van der Waals surface area contributed by atoms with Gasteiger partial charge >= 0.3 is 5.97 Å². The van der Waals surface area contributed by atoms with E-state index in [-0.39, 0.29) is 5.97 Å². The molecule has 17 heavy (non-hydrogen) atoms. The lowest BCUT2D eigenvalue weighted by molar-refractivity contribution is -0.143. The Morgan fingerprint density at radius 3 is 2.59 bits per heavy atom. The van der Waals surface area contributed by atoms with E-state index in [0.717, 1.165) is 25.3 Å². The van der Waals surface area contributed by atoms with Gasteiger partial charge in [0.1, 0.15) is 0 Å². The highest BCUT2D eigenvalue weighted by Gasteiger charge is 2.23. The number of hydrogen-bond acceptors (Lipinski definition) is 3. The van der Waals surface area contributed by atoms with Gasteiger partial charge in [-0.3, -0.25) is 4.79 Å². The lowest BCUT2D eigenvalue weighted by atomic mass is 10.2. The molecule has 0 radical (unpaired) electrons. The molecule has 1 aliphatic rings. The van der Waals surface area contributed by atoms with Crippen LogP contribution < -0.4 is 0 Å². The van der Waals surface area contributed by atoms with Crippen molar-refractivity contribution < 1.29 is 9.53 Å². The summed E-state index contributed by atoms with van der Waals surface area (Å²) in [5.41, 5.74) is 0. The van der Waals surface area contributed by atoms with Crippen LogP contribution in [0.2, 0.25) is 0 Å². The van der Waals surface area contributed by atoms with Crippen LogP contribution in [0.5, 0.6) is 0 Å². The van der Waals surface area contributed by atoms with Gasteiger partial charge in [-0.15, -0.1) is 0 Å². The van der Waals surface area contributed by atoms with E-state index in [1.54, 1.807) is 0 Å². The summed E-state index contributed by atoms with van der Waals surface area (Å²) < 4.78 is 4.90. The third kappa shape index (κ3) is 7.37. The third-order valence-corrected chi connectivity index (χ3v) is 3.32. The van der Waals surface area contributed by atoms with Gasteiger partial charge in [0.05, 0.1) is 6.61 Å². The fraction of sp³-hybridized carbons (Fsp3) is 0.929. The molecule has 0 saturated heterocycles. The molecule has 0 N–H and O–H groups in total. The smallest absolute Gasteiger partial charge is 0.305 e. The molecule has 0 spiro atoms. The van der Waals surface area contributed by atoms with Crippen molar-refractivity contribution >= 4 is 5.97 Å². The van der Waals surface area contributed by atoms with Crippen LogP contribution in [0.4, 0.5) is 0 Å². The second-order valence-electron chi connectivity index (χ2n) is 4.95. The predicted octanol–water partition coefficient (Wildman–Crippen LogP) is 2.84. The van der Waals surface area contributed by atoms with Crippen molar-refractivity contribution in [1.82, 2.24) is 4.90 Å². The molecule has 0 heterocycles. The van der Waals surface area contributed by atoms with Crippen LogP contribution in [0.25, 0.3) is 0 Å². The minimum absolute atomic E-state index is 0.0437. The van der Waals surface area contributed by atoms with Crippen molar-refractivity contribution in [2.45, 2.75) is 52.4 Å². The number of rotatable bonds is 10. The summed E-state index contributed by atoms with van der Waals surface area (Å²) in [4.78, 5) is 13.7. The minimum Gasteiger partial charge on any atom is -0.466 e. The molecule has 0 aromatic heterocycles. The van der Waals surface area contributed by atoms with E-state index < -0.39 is 0 Å². The Morgan fingerprint density at radius 1 is 1.24 bits per heavy atom. The largest absolute Gasteiger partial charge is 0.466 e. The van der Waals surface area contributed by atoms with Crippen molar-refractivity contribution in [3.05, 3.63) is 0 Å². The summed E-state index contributed by atoms with van der Waals surface area (Å²) in [6.07, 6.45) is 6.76. The van der Waals surface area contributed by atoms with Gasteiger partial charge in [-0.25, -0.2) is 0 Å². The van der Waals surface area contributed by atoms with Gasteiger partial charge < -0.3 is 9.64 Å². The van der Waals surface area contributed by atoms with Crippen LogP contribution in [0.1, 0.15) is 52.4 Å². The monoisotopic (exact) mass is 241 g/mol. The molecule has 3 nitrogen and oxygen atoms in total. The quantitative estimate of drug-likeness (QED) is 0.435. The summed E-state index contributed by atoms with van der Waals surface area (Å²) in [7, 11) is 0. The molecular weight excluding hydrogens is 214 g/mol. The molecule has 1 rings (SSSR count). The lowest BCUT2D eigenvalue weighted by Crippen LogP contribution is -2.26. The Kier molecular flexibility index (Phi) is 7.25. The number of nitrogens with zero attached hydrogens (tertiary/aromatic N) is 1. The maximum Gasteiger partial charge on any atom is 0.305 e. The first-order chi connectivity index (χ1) is 8.26. The van der Waals surface area contributed by atoms with E-state index in [1.807, 2.05) is 6.92 Å². The van der Waals surface area contributed by atoms with Crippen LogP contribution >= 0.6 is 0 Å². The number of unbranched alkanes of at least 4 members (excludes halogenated alkanes) is 2. The normalized spacial score (nSPS) is 15.2. The molecule has 100 valence electrons. The average molecular weight is 241 g/mol. The molecular formula is C14H27NO2.